The molecule has 0 saturated carbocycles. The number of hydrogen-bond donors (Lipinski definition) is 0. The summed E-state index contributed by atoms with van der Waals surface area (Å²) in [4.78, 5) is 4.61. The van der Waals surface area contributed by atoms with Gasteiger partial charge in [-0.2, -0.15) is 5.10 Å². The van der Waals surface area contributed by atoms with Crippen LogP contribution in [0.15, 0.2) is 30.6 Å². The van der Waals surface area contributed by atoms with Crippen LogP contribution in [0.3, 0.4) is 0 Å². The summed E-state index contributed by atoms with van der Waals surface area (Å²) in [6, 6.07) is 5.79. The van der Waals surface area contributed by atoms with E-state index in [1.807, 2.05) is 42.9 Å². The van der Waals surface area contributed by atoms with Crippen molar-refractivity contribution < 1.29 is 4.74 Å². The van der Waals surface area contributed by atoms with E-state index in [-0.39, 0.29) is 5.38 Å². The van der Waals surface area contributed by atoms with E-state index in [0.717, 1.165) is 28.3 Å². The van der Waals surface area contributed by atoms with Crippen LogP contribution in [0.5, 0.6) is 5.75 Å². The Morgan fingerprint density at radius 3 is 2.75 bits per heavy atom. The molecule has 0 aliphatic rings. The summed E-state index contributed by atoms with van der Waals surface area (Å²) in [5, 5.41) is 4.02. The number of alkyl halides is 1. The summed E-state index contributed by atoms with van der Waals surface area (Å²) in [6.45, 7) is 1.91. The summed E-state index contributed by atoms with van der Waals surface area (Å²) in [5.41, 5.74) is 2.78. The van der Waals surface area contributed by atoms with Crippen LogP contribution in [-0.4, -0.2) is 26.4 Å². The SMILES string of the molecule is COc1ccc2nc(C(C)Cl)n(-c3cnn(C)c3)c2c1. The number of hydrogen-bond acceptors (Lipinski definition) is 3. The molecule has 5 nitrogen and oxygen atoms in total. The first-order chi connectivity index (χ1) is 9.60. The fourth-order valence-electron chi connectivity index (χ4n) is 2.26. The van der Waals surface area contributed by atoms with Gasteiger partial charge in [0.1, 0.15) is 11.6 Å². The number of rotatable bonds is 3. The monoisotopic (exact) mass is 290 g/mol. The Morgan fingerprint density at radius 1 is 1.35 bits per heavy atom. The maximum absolute atomic E-state index is 6.27. The van der Waals surface area contributed by atoms with Gasteiger partial charge < -0.3 is 4.74 Å². The molecule has 2 aromatic heterocycles. The fourth-order valence-corrected chi connectivity index (χ4v) is 2.41. The molecule has 104 valence electrons. The highest BCUT2D eigenvalue weighted by molar-refractivity contribution is 6.20. The molecule has 1 aromatic carbocycles. The number of benzene rings is 1. The smallest absolute Gasteiger partial charge is 0.132 e. The lowest BCUT2D eigenvalue weighted by atomic mass is 10.3. The van der Waals surface area contributed by atoms with E-state index < -0.39 is 0 Å². The maximum Gasteiger partial charge on any atom is 0.132 e. The Bertz CT molecular complexity index is 760. The van der Waals surface area contributed by atoms with Crippen LogP contribution in [0.2, 0.25) is 0 Å². The third-order valence-electron chi connectivity index (χ3n) is 3.19. The minimum Gasteiger partial charge on any atom is -0.497 e. The summed E-state index contributed by atoms with van der Waals surface area (Å²) in [5.74, 6) is 1.58. The van der Waals surface area contributed by atoms with E-state index in [9.17, 15) is 0 Å². The van der Waals surface area contributed by atoms with E-state index >= 15 is 0 Å². The van der Waals surface area contributed by atoms with Crippen molar-refractivity contribution in [2.45, 2.75) is 12.3 Å². The molecule has 0 fully saturated rings. The van der Waals surface area contributed by atoms with E-state index in [1.54, 1.807) is 18.0 Å². The Morgan fingerprint density at radius 2 is 2.15 bits per heavy atom. The zero-order valence-electron chi connectivity index (χ0n) is 11.5. The van der Waals surface area contributed by atoms with Crippen LogP contribution >= 0.6 is 11.6 Å². The molecule has 20 heavy (non-hydrogen) atoms. The number of methoxy groups -OCH3 is 1. The molecule has 0 aliphatic carbocycles. The van der Waals surface area contributed by atoms with Crippen LogP contribution in [0, 0.1) is 0 Å². The second-order valence-corrected chi connectivity index (χ2v) is 5.30. The van der Waals surface area contributed by atoms with Gasteiger partial charge in [-0.3, -0.25) is 9.25 Å². The van der Waals surface area contributed by atoms with E-state index in [0.29, 0.717) is 0 Å². The standard InChI is InChI=1S/C14H15ClN4O/c1-9(15)14-17-12-5-4-11(20-3)6-13(12)19(14)10-7-16-18(2)8-10/h4-9H,1-3H3. The molecule has 0 amide bonds. The fraction of sp³-hybridized carbons (Fsp3) is 0.286. The van der Waals surface area contributed by atoms with Gasteiger partial charge in [0.15, 0.2) is 0 Å². The van der Waals surface area contributed by atoms with Crippen molar-refractivity contribution in [1.82, 2.24) is 19.3 Å². The van der Waals surface area contributed by atoms with Crippen molar-refractivity contribution >= 4 is 22.6 Å². The molecule has 2 heterocycles. The third-order valence-corrected chi connectivity index (χ3v) is 3.39. The van der Waals surface area contributed by atoms with Gasteiger partial charge >= 0.3 is 0 Å². The van der Waals surface area contributed by atoms with Crippen molar-refractivity contribution in [2.24, 2.45) is 7.05 Å². The molecule has 0 bridgehead atoms. The second kappa shape index (κ2) is 4.83. The Kier molecular flexibility index (Phi) is 3.14. The molecule has 3 rings (SSSR count). The van der Waals surface area contributed by atoms with Crippen molar-refractivity contribution in [3.63, 3.8) is 0 Å². The third kappa shape index (κ3) is 2.04. The Balaban J connectivity index is 2.32. The minimum atomic E-state index is -0.200. The van der Waals surface area contributed by atoms with Gasteiger partial charge in [0.2, 0.25) is 0 Å². The lowest BCUT2D eigenvalue weighted by Crippen LogP contribution is -2.01. The van der Waals surface area contributed by atoms with Gasteiger partial charge in [0.25, 0.3) is 0 Å². The maximum atomic E-state index is 6.27. The number of aryl methyl sites for hydroxylation is 1. The van der Waals surface area contributed by atoms with Gasteiger partial charge in [-0.15, -0.1) is 11.6 Å². The first kappa shape index (κ1) is 13.0. The molecule has 1 atom stereocenters. The zero-order valence-corrected chi connectivity index (χ0v) is 12.3. The molecule has 3 aromatic rings. The first-order valence-corrected chi connectivity index (χ1v) is 6.73. The Labute approximate surface area is 121 Å². The number of ether oxygens (including phenoxy) is 1. The first-order valence-electron chi connectivity index (χ1n) is 6.29. The Hall–Kier alpha value is -2.01. The number of imidazole rings is 1. The molecular weight excluding hydrogens is 276 g/mol. The highest BCUT2D eigenvalue weighted by Gasteiger charge is 2.17. The summed E-state index contributed by atoms with van der Waals surface area (Å²) in [7, 11) is 3.53. The van der Waals surface area contributed by atoms with Crippen molar-refractivity contribution in [1.29, 1.82) is 0 Å². The molecule has 0 N–H and O–H groups in total. The molecule has 0 radical (unpaired) electrons. The van der Waals surface area contributed by atoms with Gasteiger partial charge in [-0.25, -0.2) is 4.98 Å². The second-order valence-electron chi connectivity index (χ2n) is 4.65. The lowest BCUT2D eigenvalue weighted by Gasteiger charge is -2.08. The van der Waals surface area contributed by atoms with Crippen LogP contribution < -0.4 is 4.74 Å². The highest BCUT2D eigenvalue weighted by Crippen LogP contribution is 2.30. The van der Waals surface area contributed by atoms with Crippen molar-refractivity contribution in [3.8, 4) is 11.4 Å². The van der Waals surface area contributed by atoms with Gasteiger partial charge in [-0.05, 0) is 19.1 Å². The van der Waals surface area contributed by atoms with Crippen LogP contribution in [0.1, 0.15) is 18.1 Å². The molecule has 0 saturated heterocycles. The molecule has 1 unspecified atom stereocenters. The number of fused-ring (bicyclic) bond motifs is 1. The average molecular weight is 291 g/mol. The normalized spacial score (nSPS) is 12.8. The summed E-state index contributed by atoms with van der Waals surface area (Å²) in [6.07, 6.45) is 3.73. The predicted octanol–water partition coefficient (Wildman–Crippen LogP) is 3.07. The molecular formula is C14H15ClN4O. The quantitative estimate of drug-likeness (QED) is 0.696. The van der Waals surface area contributed by atoms with Gasteiger partial charge in [-0.1, -0.05) is 0 Å². The van der Waals surface area contributed by atoms with Crippen LogP contribution in [0.25, 0.3) is 16.7 Å². The van der Waals surface area contributed by atoms with Crippen molar-refractivity contribution in [2.75, 3.05) is 7.11 Å². The summed E-state index contributed by atoms with van der Waals surface area (Å²) >= 11 is 6.27. The van der Waals surface area contributed by atoms with Crippen molar-refractivity contribution in [3.05, 3.63) is 36.4 Å². The van der Waals surface area contributed by atoms with Gasteiger partial charge in [0.05, 0.1) is 35.4 Å². The number of aromatic nitrogens is 4. The molecule has 0 spiro atoms. The number of halogens is 1. The largest absolute Gasteiger partial charge is 0.497 e. The zero-order chi connectivity index (χ0) is 14.3. The van der Waals surface area contributed by atoms with Crippen LogP contribution in [0.4, 0.5) is 0 Å². The van der Waals surface area contributed by atoms with Crippen LogP contribution in [-0.2, 0) is 7.05 Å². The highest BCUT2D eigenvalue weighted by atomic mass is 35.5. The average Bonchev–Trinajstić information content (AvgIpc) is 3.00. The molecule has 0 aliphatic heterocycles. The number of nitrogens with zero attached hydrogens (tertiary/aromatic N) is 4. The topological polar surface area (TPSA) is 44.9 Å². The minimum absolute atomic E-state index is 0.200. The van der Waals surface area contributed by atoms with E-state index in [4.69, 9.17) is 16.3 Å². The van der Waals surface area contributed by atoms with E-state index in [1.165, 1.54) is 0 Å². The molecule has 6 heteroatoms. The predicted molar refractivity (Wildman–Crippen MR) is 78.7 cm³/mol. The van der Waals surface area contributed by atoms with E-state index in [2.05, 4.69) is 10.1 Å². The summed E-state index contributed by atoms with van der Waals surface area (Å²) < 4.78 is 9.06. The lowest BCUT2D eigenvalue weighted by molar-refractivity contribution is 0.415. The van der Waals surface area contributed by atoms with Gasteiger partial charge in [0, 0.05) is 19.3 Å².